The van der Waals surface area contributed by atoms with Crippen LogP contribution < -0.4 is 20.5 Å². The number of carbonyl (C=O) groups is 1. The van der Waals surface area contributed by atoms with Crippen LogP contribution >= 0.6 is 0 Å². The second-order valence-electron chi connectivity index (χ2n) is 5.93. The number of carboxylic acid groups (broad SMARTS) is 1. The van der Waals surface area contributed by atoms with Crippen LogP contribution in [0.1, 0.15) is 18.7 Å². The minimum atomic E-state index is -0.833. The summed E-state index contributed by atoms with van der Waals surface area (Å²) in [7, 11) is 3.26. The highest BCUT2D eigenvalue weighted by atomic mass is 16.5. The molecule has 146 valence electrons. The third kappa shape index (κ3) is 3.68. The van der Waals surface area contributed by atoms with E-state index in [1.54, 1.807) is 14.2 Å². The number of anilines is 1. The van der Waals surface area contributed by atoms with Gasteiger partial charge in [0.25, 0.3) is 5.97 Å². The highest BCUT2D eigenvalue weighted by Gasteiger charge is 2.27. The number of carboxylic acids is 1. The monoisotopic (exact) mass is 383 g/mol. The van der Waals surface area contributed by atoms with Crippen LogP contribution in [-0.2, 0) is 4.79 Å². The molecule has 0 fully saturated rings. The zero-order chi connectivity index (χ0) is 20.3. The molecule has 0 saturated heterocycles. The fourth-order valence-electron chi connectivity index (χ4n) is 2.97. The van der Waals surface area contributed by atoms with Gasteiger partial charge in [-0.15, -0.1) is 0 Å². The van der Waals surface area contributed by atoms with E-state index >= 15 is 0 Å². The number of aromatic nitrogens is 2. The number of imidazole rings is 1. The fourth-order valence-corrected chi connectivity index (χ4v) is 2.97. The van der Waals surface area contributed by atoms with Crippen LogP contribution in [0.2, 0.25) is 0 Å². The van der Waals surface area contributed by atoms with Crippen LogP contribution in [0.4, 0.5) is 5.95 Å². The second kappa shape index (κ2) is 7.87. The van der Waals surface area contributed by atoms with Gasteiger partial charge in [0.15, 0.2) is 12.1 Å². The van der Waals surface area contributed by atoms with Gasteiger partial charge in [-0.25, -0.2) is 9.98 Å². The lowest BCUT2D eigenvalue weighted by Gasteiger charge is -2.25. The van der Waals surface area contributed by atoms with Crippen molar-refractivity contribution in [1.29, 1.82) is 0 Å². The van der Waals surface area contributed by atoms with E-state index in [4.69, 9.17) is 25.1 Å². The van der Waals surface area contributed by atoms with Crippen molar-refractivity contribution >= 4 is 28.9 Å². The molecule has 0 radical (unpaired) electrons. The number of nitrogens with one attached hydrogen (secondary N) is 1. The number of methoxy groups -OCH3 is 2. The van der Waals surface area contributed by atoms with Gasteiger partial charge in [-0.05, 0) is 30.3 Å². The Morgan fingerprint density at radius 3 is 2.61 bits per heavy atom. The summed E-state index contributed by atoms with van der Waals surface area (Å²) in [5, 5.41) is 10.4. The molecular weight excluding hydrogens is 362 g/mol. The predicted octanol–water partition coefficient (Wildman–Crippen LogP) is 2.43. The van der Waals surface area contributed by atoms with E-state index in [-0.39, 0.29) is 0 Å². The Labute approximate surface area is 161 Å². The Bertz CT molecular complexity index is 1040. The summed E-state index contributed by atoms with van der Waals surface area (Å²) in [6.07, 6.45) is -0.390. The van der Waals surface area contributed by atoms with Crippen LogP contribution in [0.15, 0.2) is 47.5 Å². The summed E-state index contributed by atoms with van der Waals surface area (Å²) >= 11 is 0. The number of aliphatic carboxylic acids is 1. The van der Waals surface area contributed by atoms with E-state index in [0.717, 1.165) is 29.3 Å². The molecule has 1 aromatic heterocycles. The SMILES string of the molecule is CC(=O)O.COc1ccc(OC)c(C2N=C(N)Nc3nc4ccccc4n32)c1. The number of rotatable bonds is 3. The lowest BCUT2D eigenvalue weighted by atomic mass is 10.1. The molecule has 2 heterocycles. The van der Waals surface area contributed by atoms with E-state index in [1.807, 2.05) is 47.0 Å². The van der Waals surface area contributed by atoms with Crippen LogP contribution in [0, 0.1) is 0 Å². The molecule has 1 atom stereocenters. The minimum Gasteiger partial charge on any atom is -0.497 e. The molecule has 0 amide bonds. The van der Waals surface area contributed by atoms with Gasteiger partial charge >= 0.3 is 0 Å². The number of ether oxygens (including phenoxy) is 2. The van der Waals surface area contributed by atoms with E-state index in [2.05, 4.69) is 15.3 Å². The van der Waals surface area contributed by atoms with Gasteiger partial charge in [-0.2, -0.15) is 0 Å². The summed E-state index contributed by atoms with van der Waals surface area (Å²) in [4.78, 5) is 18.2. The van der Waals surface area contributed by atoms with Gasteiger partial charge in [0.05, 0.1) is 25.3 Å². The molecule has 1 unspecified atom stereocenters. The Morgan fingerprint density at radius 2 is 1.93 bits per heavy atom. The average Bonchev–Trinajstić information content (AvgIpc) is 3.04. The molecule has 0 saturated carbocycles. The van der Waals surface area contributed by atoms with E-state index < -0.39 is 12.1 Å². The topological polar surface area (TPSA) is 124 Å². The van der Waals surface area contributed by atoms with Gasteiger partial charge < -0.3 is 20.3 Å². The van der Waals surface area contributed by atoms with Crippen molar-refractivity contribution in [3.63, 3.8) is 0 Å². The smallest absolute Gasteiger partial charge is 0.300 e. The first-order chi connectivity index (χ1) is 13.4. The van der Waals surface area contributed by atoms with Crippen LogP contribution in [0.25, 0.3) is 11.0 Å². The molecular formula is C19H21N5O4. The molecule has 2 aromatic carbocycles. The maximum Gasteiger partial charge on any atom is 0.300 e. The number of fused-ring (bicyclic) bond motifs is 3. The summed E-state index contributed by atoms with van der Waals surface area (Å²) < 4.78 is 12.9. The van der Waals surface area contributed by atoms with E-state index in [0.29, 0.717) is 17.7 Å². The number of aliphatic imine (C=N–C) groups is 1. The summed E-state index contributed by atoms with van der Waals surface area (Å²) in [5.74, 6) is 1.57. The molecule has 1 aliphatic heterocycles. The zero-order valence-electron chi connectivity index (χ0n) is 15.7. The minimum absolute atomic E-state index is 0.313. The number of nitrogens with zero attached hydrogens (tertiary/aromatic N) is 3. The van der Waals surface area contributed by atoms with E-state index in [9.17, 15) is 0 Å². The molecule has 4 rings (SSSR count). The lowest BCUT2D eigenvalue weighted by molar-refractivity contribution is -0.134. The Kier molecular flexibility index (Phi) is 5.35. The molecule has 9 nitrogen and oxygen atoms in total. The highest BCUT2D eigenvalue weighted by Crippen LogP contribution is 2.37. The van der Waals surface area contributed by atoms with E-state index in [1.165, 1.54) is 0 Å². The number of benzene rings is 2. The molecule has 9 heteroatoms. The maximum absolute atomic E-state index is 9.00. The molecule has 0 spiro atoms. The second-order valence-corrected chi connectivity index (χ2v) is 5.93. The summed E-state index contributed by atoms with van der Waals surface area (Å²) in [5.41, 5.74) is 8.66. The number of nitrogens with two attached hydrogens (primary N) is 1. The maximum atomic E-state index is 9.00. The predicted molar refractivity (Wildman–Crippen MR) is 106 cm³/mol. The van der Waals surface area contributed by atoms with Crippen molar-refractivity contribution in [2.24, 2.45) is 10.7 Å². The first-order valence-electron chi connectivity index (χ1n) is 8.43. The average molecular weight is 383 g/mol. The van der Waals surface area contributed by atoms with Gasteiger partial charge in [0.2, 0.25) is 5.95 Å². The summed E-state index contributed by atoms with van der Waals surface area (Å²) in [6.45, 7) is 1.08. The van der Waals surface area contributed by atoms with Crippen molar-refractivity contribution < 1.29 is 19.4 Å². The van der Waals surface area contributed by atoms with Crippen molar-refractivity contribution in [3.8, 4) is 11.5 Å². The van der Waals surface area contributed by atoms with Crippen molar-refractivity contribution in [3.05, 3.63) is 48.0 Å². The standard InChI is InChI=1S/C17H17N5O2.C2H4O2/c1-23-10-7-8-14(24-2)11(9-10)15-20-16(18)21-17-19-12-5-3-4-6-13(12)22(15)17;1-2(3)4/h3-9,15H,1-2H3,(H3,18,19,20,21);1H3,(H,3,4). The third-order valence-corrected chi connectivity index (χ3v) is 4.06. The third-order valence-electron chi connectivity index (χ3n) is 4.06. The van der Waals surface area contributed by atoms with Crippen LogP contribution in [0.3, 0.4) is 0 Å². The molecule has 0 aliphatic carbocycles. The lowest BCUT2D eigenvalue weighted by Crippen LogP contribution is -2.31. The number of hydrogen-bond acceptors (Lipinski definition) is 7. The fraction of sp³-hybridized carbons (Fsp3) is 0.211. The van der Waals surface area contributed by atoms with Gasteiger partial charge in [-0.1, -0.05) is 12.1 Å². The number of para-hydroxylation sites is 2. The molecule has 0 bridgehead atoms. The van der Waals surface area contributed by atoms with Gasteiger partial charge in [0.1, 0.15) is 11.5 Å². The quantitative estimate of drug-likeness (QED) is 0.634. The Balaban J connectivity index is 0.000000516. The van der Waals surface area contributed by atoms with Crippen molar-refractivity contribution in [1.82, 2.24) is 9.55 Å². The highest BCUT2D eigenvalue weighted by molar-refractivity contribution is 5.94. The van der Waals surface area contributed by atoms with Gasteiger partial charge in [0, 0.05) is 12.5 Å². The van der Waals surface area contributed by atoms with Crippen molar-refractivity contribution in [2.75, 3.05) is 19.5 Å². The molecule has 28 heavy (non-hydrogen) atoms. The first kappa shape index (κ1) is 19.0. The van der Waals surface area contributed by atoms with Crippen molar-refractivity contribution in [2.45, 2.75) is 13.1 Å². The number of hydrogen-bond donors (Lipinski definition) is 3. The van der Waals surface area contributed by atoms with Crippen LogP contribution in [0.5, 0.6) is 11.5 Å². The zero-order valence-corrected chi connectivity index (χ0v) is 15.7. The molecule has 3 aromatic rings. The Morgan fingerprint density at radius 1 is 1.21 bits per heavy atom. The molecule has 4 N–H and O–H groups in total. The largest absolute Gasteiger partial charge is 0.497 e. The normalized spacial score (nSPS) is 14.8. The van der Waals surface area contributed by atoms with Gasteiger partial charge in [-0.3, -0.25) is 14.7 Å². The molecule has 1 aliphatic rings. The van der Waals surface area contributed by atoms with Crippen LogP contribution in [-0.4, -0.2) is 40.8 Å². The first-order valence-corrected chi connectivity index (χ1v) is 8.43. The Hall–Kier alpha value is -3.75. The summed E-state index contributed by atoms with van der Waals surface area (Å²) in [6, 6.07) is 13.5. The number of guanidine groups is 1.